The Balaban J connectivity index is 1.67. The molecule has 0 aliphatic heterocycles. The van der Waals surface area contributed by atoms with E-state index >= 15 is 0 Å². The number of ether oxygens (including phenoxy) is 2. The molecule has 0 radical (unpaired) electrons. The first-order valence-electron chi connectivity index (χ1n) is 10.3. The molecule has 162 valence electrons. The summed E-state index contributed by atoms with van der Waals surface area (Å²) in [6, 6.07) is 16.4. The molecule has 0 amide bonds. The van der Waals surface area contributed by atoms with E-state index in [1.807, 2.05) is 36.4 Å². The van der Waals surface area contributed by atoms with E-state index in [0.29, 0.717) is 19.7 Å². The van der Waals surface area contributed by atoms with Gasteiger partial charge >= 0.3 is 5.97 Å². The Kier molecular flexibility index (Phi) is 11.5. The summed E-state index contributed by atoms with van der Waals surface area (Å²) in [6.07, 6.45) is 8.63. The predicted molar refractivity (Wildman–Crippen MR) is 121 cm³/mol. The van der Waals surface area contributed by atoms with Crippen molar-refractivity contribution in [2.45, 2.75) is 32.1 Å². The molecule has 0 aliphatic rings. The average molecular weight is 432 g/mol. The van der Waals surface area contributed by atoms with Gasteiger partial charge in [-0.2, -0.15) is 0 Å². The quantitative estimate of drug-likeness (QED) is 0.418. The number of hydrogen-bond donors (Lipinski definition) is 1. The van der Waals surface area contributed by atoms with Crippen molar-refractivity contribution >= 4 is 23.9 Å². The van der Waals surface area contributed by atoms with Crippen molar-refractivity contribution < 1.29 is 18.6 Å². The van der Waals surface area contributed by atoms with Crippen LogP contribution in [-0.4, -0.2) is 32.8 Å². The standard InChI is InChI=1S/C24H30ClNO4/c1-28-23-19-22(29-18-7-3-6-11-20-9-4-2-5-10-20)14-13-21(23)12-8-16-26-17-15-24(27)30-25/h2,4-5,8-10,12-14,19,26H,3,6-7,11,15-18H2,1H3/b12-8+. The molecule has 0 unspecified atom stereocenters. The lowest BCUT2D eigenvalue weighted by atomic mass is 10.1. The van der Waals surface area contributed by atoms with Gasteiger partial charge < -0.3 is 19.1 Å². The number of halogens is 1. The number of carbonyl (C=O) groups excluding carboxylic acids is 1. The first kappa shape index (κ1) is 23.8. The van der Waals surface area contributed by atoms with Gasteiger partial charge in [-0.1, -0.05) is 42.5 Å². The molecule has 0 atom stereocenters. The second-order valence-electron chi connectivity index (χ2n) is 6.85. The second-order valence-corrected chi connectivity index (χ2v) is 7.01. The van der Waals surface area contributed by atoms with Crippen LogP contribution >= 0.6 is 11.9 Å². The summed E-state index contributed by atoms with van der Waals surface area (Å²) in [7, 11) is 1.65. The van der Waals surface area contributed by atoms with Crippen LogP contribution in [0.4, 0.5) is 0 Å². The van der Waals surface area contributed by atoms with Crippen LogP contribution < -0.4 is 14.8 Å². The molecule has 30 heavy (non-hydrogen) atoms. The molecule has 0 spiro atoms. The number of carbonyl (C=O) groups is 1. The number of benzene rings is 2. The molecule has 0 heterocycles. The Labute approximate surface area is 184 Å². The minimum absolute atomic E-state index is 0.235. The highest BCUT2D eigenvalue weighted by Gasteiger charge is 2.03. The Hall–Kier alpha value is -2.50. The fraction of sp³-hybridized carbons (Fsp3) is 0.375. The van der Waals surface area contributed by atoms with Crippen molar-refractivity contribution in [1.82, 2.24) is 5.32 Å². The zero-order valence-electron chi connectivity index (χ0n) is 17.4. The molecule has 6 heteroatoms. The van der Waals surface area contributed by atoms with E-state index in [9.17, 15) is 4.79 Å². The summed E-state index contributed by atoms with van der Waals surface area (Å²) in [5.41, 5.74) is 2.36. The Morgan fingerprint density at radius 3 is 2.70 bits per heavy atom. The zero-order chi connectivity index (χ0) is 21.4. The third-order valence-corrected chi connectivity index (χ3v) is 4.75. The van der Waals surface area contributed by atoms with Crippen molar-refractivity contribution in [1.29, 1.82) is 0 Å². The summed E-state index contributed by atoms with van der Waals surface area (Å²) in [5, 5.41) is 3.11. The van der Waals surface area contributed by atoms with E-state index < -0.39 is 5.97 Å². The average Bonchev–Trinajstić information content (AvgIpc) is 2.79. The van der Waals surface area contributed by atoms with Crippen molar-refractivity contribution in [3.05, 3.63) is 65.7 Å². The highest BCUT2D eigenvalue weighted by atomic mass is 35.5. The largest absolute Gasteiger partial charge is 0.496 e. The molecular formula is C24H30ClNO4. The van der Waals surface area contributed by atoms with E-state index in [0.717, 1.165) is 36.3 Å². The van der Waals surface area contributed by atoms with Crippen molar-refractivity contribution in [2.75, 3.05) is 26.8 Å². The van der Waals surface area contributed by atoms with Crippen LogP contribution in [0.2, 0.25) is 0 Å². The number of aryl methyl sites for hydroxylation is 1. The van der Waals surface area contributed by atoms with Gasteiger partial charge in [-0.15, -0.1) is 0 Å². The molecule has 0 saturated heterocycles. The minimum atomic E-state index is -0.443. The Morgan fingerprint density at radius 2 is 1.93 bits per heavy atom. The van der Waals surface area contributed by atoms with Crippen LogP contribution in [0.5, 0.6) is 11.5 Å². The number of unbranched alkanes of at least 4 members (excludes halogenated alkanes) is 2. The summed E-state index contributed by atoms with van der Waals surface area (Å²) in [4.78, 5) is 10.9. The van der Waals surface area contributed by atoms with Crippen LogP contribution in [0.1, 0.15) is 36.8 Å². The molecule has 0 aromatic heterocycles. The highest BCUT2D eigenvalue weighted by Crippen LogP contribution is 2.26. The SMILES string of the molecule is COc1cc(OCCCCCc2ccccc2)ccc1/C=C/CNCCC(=O)OCl. The molecule has 0 saturated carbocycles. The normalized spacial score (nSPS) is 10.9. The maximum absolute atomic E-state index is 10.9. The predicted octanol–water partition coefficient (Wildman–Crippen LogP) is 5.18. The first-order chi connectivity index (χ1) is 14.7. The third kappa shape index (κ3) is 9.33. The molecule has 0 bridgehead atoms. The van der Waals surface area contributed by atoms with Gasteiger partial charge in [-0.25, -0.2) is 0 Å². The Morgan fingerprint density at radius 1 is 1.10 bits per heavy atom. The van der Waals surface area contributed by atoms with Gasteiger partial charge in [0.2, 0.25) is 0 Å². The van der Waals surface area contributed by atoms with Crippen LogP contribution in [0.25, 0.3) is 6.08 Å². The van der Waals surface area contributed by atoms with Crippen LogP contribution in [0, 0.1) is 0 Å². The summed E-state index contributed by atoms with van der Waals surface area (Å²) in [5.74, 6) is 1.13. The topological polar surface area (TPSA) is 56.8 Å². The number of methoxy groups -OCH3 is 1. The lowest BCUT2D eigenvalue weighted by molar-refractivity contribution is -0.133. The number of rotatable bonds is 14. The van der Waals surface area contributed by atoms with E-state index in [4.69, 9.17) is 21.3 Å². The highest BCUT2D eigenvalue weighted by molar-refractivity contribution is 6.13. The van der Waals surface area contributed by atoms with Gasteiger partial charge in [-0.3, -0.25) is 4.79 Å². The van der Waals surface area contributed by atoms with Gasteiger partial charge in [0.15, 0.2) is 0 Å². The van der Waals surface area contributed by atoms with Gasteiger partial charge in [0, 0.05) is 24.7 Å². The minimum Gasteiger partial charge on any atom is -0.496 e. The molecule has 0 fully saturated rings. The molecule has 2 rings (SSSR count). The van der Waals surface area contributed by atoms with Crippen LogP contribution in [-0.2, 0) is 15.5 Å². The van der Waals surface area contributed by atoms with Crippen LogP contribution in [0.15, 0.2) is 54.6 Å². The summed E-state index contributed by atoms with van der Waals surface area (Å²) < 4.78 is 15.4. The van der Waals surface area contributed by atoms with Gasteiger partial charge in [0.05, 0.1) is 20.1 Å². The van der Waals surface area contributed by atoms with Crippen molar-refractivity contribution in [3.63, 3.8) is 0 Å². The lowest BCUT2D eigenvalue weighted by Gasteiger charge is -2.10. The molecule has 5 nitrogen and oxygen atoms in total. The first-order valence-corrected chi connectivity index (χ1v) is 10.6. The van der Waals surface area contributed by atoms with Crippen molar-refractivity contribution in [3.8, 4) is 11.5 Å². The van der Waals surface area contributed by atoms with E-state index in [2.05, 4.69) is 33.9 Å². The maximum Gasteiger partial charge on any atom is 0.326 e. The molecule has 2 aromatic rings. The fourth-order valence-corrected chi connectivity index (χ4v) is 3.04. The smallest absolute Gasteiger partial charge is 0.326 e. The molecule has 1 N–H and O–H groups in total. The monoisotopic (exact) mass is 431 g/mol. The van der Waals surface area contributed by atoms with E-state index in [1.165, 1.54) is 12.0 Å². The molecule has 2 aromatic carbocycles. The fourth-order valence-electron chi connectivity index (χ4n) is 2.96. The second kappa shape index (κ2) is 14.5. The van der Waals surface area contributed by atoms with E-state index in [1.54, 1.807) is 7.11 Å². The summed E-state index contributed by atoms with van der Waals surface area (Å²) in [6.45, 7) is 1.83. The van der Waals surface area contributed by atoms with E-state index in [-0.39, 0.29) is 6.42 Å². The summed E-state index contributed by atoms with van der Waals surface area (Å²) >= 11 is 4.98. The number of nitrogens with one attached hydrogen (secondary N) is 1. The lowest BCUT2D eigenvalue weighted by Crippen LogP contribution is -2.18. The van der Waals surface area contributed by atoms with Crippen molar-refractivity contribution in [2.24, 2.45) is 0 Å². The van der Waals surface area contributed by atoms with Gasteiger partial charge in [0.25, 0.3) is 0 Å². The zero-order valence-corrected chi connectivity index (χ0v) is 18.2. The molecule has 0 aliphatic carbocycles. The maximum atomic E-state index is 10.9. The third-order valence-electron chi connectivity index (χ3n) is 4.58. The Bertz CT molecular complexity index is 780. The number of hydrogen-bond acceptors (Lipinski definition) is 5. The van der Waals surface area contributed by atoms with Gasteiger partial charge in [-0.05, 0) is 43.4 Å². The van der Waals surface area contributed by atoms with Gasteiger partial charge in [0.1, 0.15) is 23.4 Å². The van der Waals surface area contributed by atoms with Crippen LogP contribution in [0.3, 0.4) is 0 Å². The molecular weight excluding hydrogens is 402 g/mol.